The van der Waals surface area contributed by atoms with Crippen LogP contribution in [0.2, 0.25) is 5.15 Å². The minimum atomic E-state index is -0.716. The van der Waals surface area contributed by atoms with E-state index < -0.39 is 6.10 Å². The molecule has 2 rings (SSSR count). The van der Waals surface area contributed by atoms with Gasteiger partial charge < -0.3 is 5.11 Å². The Bertz CT molecular complexity index is 466. The van der Waals surface area contributed by atoms with Gasteiger partial charge in [0.15, 0.2) is 0 Å². The third-order valence-corrected chi connectivity index (χ3v) is 2.62. The van der Waals surface area contributed by atoms with Crippen molar-refractivity contribution < 1.29 is 5.11 Å². The van der Waals surface area contributed by atoms with Gasteiger partial charge in [0.05, 0.1) is 5.69 Å². The molecule has 84 valence electrons. The summed E-state index contributed by atoms with van der Waals surface area (Å²) in [5.74, 6) is 0. The molecule has 1 N–H and O–H groups in total. The average molecular weight is 238 g/mol. The first-order valence-corrected chi connectivity index (χ1v) is 5.41. The molecule has 0 aliphatic heterocycles. The number of aryl methyl sites for hydroxylation is 1. The molecular weight excluding hydrogens is 226 g/mol. The zero-order valence-corrected chi connectivity index (χ0v) is 9.59. The first-order valence-electron chi connectivity index (χ1n) is 5.03. The van der Waals surface area contributed by atoms with Crippen LogP contribution in [-0.4, -0.2) is 19.9 Å². The molecule has 0 bridgehead atoms. The van der Waals surface area contributed by atoms with Crippen LogP contribution in [0, 0.1) is 0 Å². The van der Waals surface area contributed by atoms with Gasteiger partial charge in [-0.2, -0.15) is 5.10 Å². The minimum Gasteiger partial charge on any atom is -0.382 e. The van der Waals surface area contributed by atoms with E-state index in [1.807, 2.05) is 6.92 Å². The van der Waals surface area contributed by atoms with Crippen LogP contribution >= 0.6 is 11.6 Å². The Balaban J connectivity index is 2.31. The number of halogens is 1. The summed E-state index contributed by atoms with van der Waals surface area (Å²) in [5, 5.41) is 14.7. The second kappa shape index (κ2) is 4.63. The quantitative estimate of drug-likeness (QED) is 0.832. The lowest BCUT2D eigenvalue weighted by Crippen LogP contribution is -2.09. The molecule has 2 aromatic rings. The predicted molar refractivity (Wildman–Crippen MR) is 61.2 cm³/mol. The predicted octanol–water partition coefficient (Wildman–Crippen LogP) is 2.03. The van der Waals surface area contributed by atoms with Crippen molar-refractivity contribution >= 4 is 11.6 Å². The number of hydrogen-bond acceptors (Lipinski definition) is 3. The SMILES string of the molecule is CCn1nccc1C(O)c1ccc(Cl)nc1. The van der Waals surface area contributed by atoms with E-state index in [0.29, 0.717) is 10.7 Å². The van der Waals surface area contributed by atoms with E-state index in [1.165, 1.54) is 0 Å². The molecular formula is C11H12ClN3O. The van der Waals surface area contributed by atoms with Gasteiger partial charge in [-0.1, -0.05) is 17.7 Å². The summed E-state index contributed by atoms with van der Waals surface area (Å²) in [7, 11) is 0. The number of aliphatic hydroxyl groups excluding tert-OH is 1. The summed E-state index contributed by atoms with van der Waals surface area (Å²) < 4.78 is 1.75. The Labute approximate surface area is 98.5 Å². The van der Waals surface area contributed by atoms with Crippen molar-refractivity contribution in [3.05, 3.63) is 47.0 Å². The number of aliphatic hydroxyl groups is 1. The minimum absolute atomic E-state index is 0.417. The van der Waals surface area contributed by atoms with Crippen LogP contribution in [0.25, 0.3) is 0 Å². The normalized spacial score (nSPS) is 12.7. The fourth-order valence-electron chi connectivity index (χ4n) is 1.56. The van der Waals surface area contributed by atoms with E-state index in [0.717, 1.165) is 12.2 Å². The molecule has 16 heavy (non-hydrogen) atoms. The molecule has 2 aromatic heterocycles. The van der Waals surface area contributed by atoms with Gasteiger partial charge in [-0.15, -0.1) is 0 Å². The van der Waals surface area contributed by atoms with Crippen molar-refractivity contribution in [3.8, 4) is 0 Å². The smallest absolute Gasteiger partial charge is 0.129 e. The topological polar surface area (TPSA) is 50.9 Å². The fraction of sp³-hybridized carbons (Fsp3) is 0.273. The number of rotatable bonds is 3. The van der Waals surface area contributed by atoms with Crippen molar-refractivity contribution in [1.82, 2.24) is 14.8 Å². The Morgan fingerprint density at radius 3 is 2.88 bits per heavy atom. The summed E-state index contributed by atoms with van der Waals surface area (Å²) in [4.78, 5) is 3.94. The molecule has 0 radical (unpaired) electrons. The van der Waals surface area contributed by atoms with Gasteiger partial charge >= 0.3 is 0 Å². The molecule has 0 saturated carbocycles. The average Bonchev–Trinajstić information content (AvgIpc) is 2.77. The lowest BCUT2D eigenvalue weighted by Gasteiger charge is -2.12. The molecule has 0 aliphatic rings. The van der Waals surface area contributed by atoms with Gasteiger partial charge in [-0.25, -0.2) is 4.98 Å². The summed E-state index contributed by atoms with van der Waals surface area (Å²) in [6, 6.07) is 5.21. The summed E-state index contributed by atoms with van der Waals surface area (Å²) in [5.41, 5.74) is 1.46. The van der Waals surface area contributed by atoms with Gasteiger partial charge in [0, 0.05) is 24.5 Å². The third kappa shape index (κ3) is 2.08. The maximum Gasteiger partial charge on any atom is 0.129 e. The summed E-state index contributed by atoms with van der Waals surface area (Å²) in [6.45, 7) is 2.70. The highest BCUT2D eigenvalue weighted by molar-refractivity contribution is 6.29. The van der Waals surface area contributed by atoms with Crippen molar-refractivity contribution in [2.45, 2.75) is 19.6 Å². The highest BCUT2D eigenvalue weighted by Gasteiger charge is 2.14. The van der Waals surface area contributed by atoms with Crippen molar-refractivity contribution in [3.63, 3.8) is 0 Å². The first kappa shape index (κ1) is 11.1. The second-order valence-electron chi connectivity index (χ2n) is 3.39. The summed E-state index contributed by atoms with van der Waals surface area (Å²) >= 11 is 5.69. The maximum absolute atomic E-state index is 10.1. The van der Waals surface area contributed by atoms with E-state index in [2.05, 4.69) is 10.1 Å². The Hall–Kier alpha value is -1.39. The van der Waals surface area contributed by atoms with Gasteiger partial charge in [0.1, 0.15) is 11.3 Å². The lowest BCUT2D eigenvalue weighted by molar-refractivity contribution is 0.207. The molecule has 4 nitrogen and oxygen atoms in total. The highest BCUT2D eigenvalue weighted by atomic mass is 35.5. The molecule has 0 fully saturated rings. The van der Waals surface area contributed by atoms with Crippen molar-refractivity contribution in [2.24, 2.45) is 0 Å². The van der Waals surface area contributed by atoms with Gasteiger partial charge in [-0.3, -0.25) is 4.68 Å². The number of aromatic nitrogens is 3. The monoisotopic (exact) mass is 237 g/mol. The molecule has 0 saturated heterocycles. The highest BCUT2D eigenvalue weighted by Crippen LogP contribution is 2.21. The maximum atomic E-state index is 10.1. The molecule has 0 aliphatic carbocycles. The fourth-order valence-corrected chi connectivity index (χ4v) is 1.67. The molecule has 1 atom stereocenters. The van der Waals surface area contributed by atoms with Crippen molar-refractivity contribution in [1.29, 1.82) is 0 Å². The number of hydrogen-bond donors (Lipinski definition) is 1. The molecule has 2 heterocycles. The van der Waals surface area contributed by atoms with E-state index in [9.17, 15) is 5.11 Å². The lowest BCUT2D eigenvalue weighted by atomic mass is 10.1. The molecule has 5 heteroatoms. The zero-order valence-electron chi connectivity index (χ0n) is 8.84. The van der Waals surface area contributed by atoms with Crippen LogP contribution in [0.1, 0.15) is 24.3 Å². The van der Waals surface area contributed by atoms with Gasteiger partial charge in [-0.05, 0) is 19.1 Å². The Morgan fingerprint density at radius 1 is 1.44 bits per heavy atom. The van der Waals surface area contributed by atoms with E-state index in [4.69, 9.17) is 11.6 Å². The van der Waals surface area contributed by atoms with Crippen LogP contribution in [-0.2, 0) is 6.54 Å². The third-order valence-electron chi connectivity index (χ3n) is 2.40. The first-order chi connectivity index (χ1) is 7.72. The van der Waals surface area contributed by atoms with E-state index in [1.54, 1.807) is 35.3 Å². The molecule has 0 spiro atoms. The van der Waals surface area contributed by atoms with Crippen LogP contribution in [0.4, 0.5) is 0 Å². The van der Waals surface area contributed by atoms with E-state index >= 15 is 0 Å². The van der Waals surface area contributed by atoms with Crippen LogP contribution in [0.15, 0.2) is 30.6 Å². The van der Waals surface area contributed by atoms with Gasteiger partial charge in [0.2, 0.25) is 0 Å². The Morgan fingerprint density at radius 2 is 2.25 bits per heavy atom. The number of nitrogens with zero attached hydrogens (tertiary/aromatic N) is 3. The van der Waals surface area contributed by atoms with E-state index in [-0.39, 0.29) is 0 Å². The summed E-state index contributed by atoms with van der Waals surface area (Å²) in [6.07, 6.45) is 2.53. The number of pyridine rings is 1. The Kier molecular flexibility index (Phi) is 3.22. The molecule has 0 aromatic carbocycles. The van der Waals surface area contributed by atoms with Crippen LogP contribution < -0.4 is 0 Å². The van der Waals surface area contributed by atoms with Gasteiger partial charge in [0.25, 0.3) is 0 Å². The zero-order chi connectivity index (χ0) is 11.5. The standard InChI is InChI=1S/C11H12ClN3O/c1-2-15-9(5-6-14-15)11(16)8-3-4-10(12)13-7-8/h3-7,11,16H,2H2,1H3. The largest absolute Gasteiger partial charge is 0.382 e. The van der Waals surface area contributed by atoms with Crippen LogP contribution in [0.5, 0.6) is 0 Å². The molecule has 1 unspecified atom stereocenters. The molecule has 0 amide bonds. The van der Waals surface area contributed by atoms with Crippen LogP contribution in [0.3, 0.4) is 0 Å². The van der Waals surface area contributed by atoms with Crippen molar-refractivity contribution in [2.75, 3.05) is 0 Å². The second-order valence-corrected chi connectivity index (χ2v) is 3.78.